The number of hydrogen-bond acceptors (Lipinski definition) is 10. The van der Waals surface area contributed by atoms with Crippen molar-refractivity contribution in [2.45, 2.75) is 57.1 Å². The molecule has 4 atom stereocenters. The van der Waals surface area contributed by atoms with Gasteiger partial charge in [0.25, 0.3) is 17.8 Å². The number of nitrogens with zero attached hydrogens (tertiary/aromatic N) is 3. The molecule has 2 unspecified atom stereocenters. The fourth-order valence-corrected chi connectivity index (χ4v) is 4.91. The van der Waals surface area contributed by atoms with Gasteiger partial charge in [-0.2, -0.15) is 0 Å². The Labute approximate surface area is 237 Å². The van der Waals surface area contributed by atoms with Crippen LogP contribution in [0.15, 0.2) is 48.9 Å². The molecular formula is C27H33BN5O8-. The van der Waals surface area contributed by atoms with Gasteiger partial charge < -0.3 is 29.5 Å². The summed E-state index contributed by atoms with van der Waals surface area (Å²) in [6, 6.07) is 7.97. The Kier molecular flexibility index (Phi) is 8.71. The van der Waals surface area contributed by atoms with Crippen molar-refractivity contribution in [1.29, 1.82) is 0 Å². The van der Waals surface area contributed by atoms with Crippen LogP contribution < -0.4 is 10.6 Å². The number of carbonyl (C=O) groups is 5. The first-order valence-corrected chi connectivity index (χ1v) is 13.3. The summed E-state index contributed by atoms with van der Waals surface area (Å²) in [4.78, 5) is 74.3. The van der Waals surface area contributed by atoms with Crippen molar-refractivity contribution in [3.8, 4) is 0 Å². The van der Waals surface area contributed by atoms with Crippen molar-refractivity contribution in [2.75, 3.05) is 14.1 Å². The summed E-state index contributed by atoms with van der Waals surface area (Å²) in [6.07, 6.45) is 3.45. The van der Waals surface area contributed by atoms with Crippen LogP contribution in [0.25, 0.3) is 0 Å². The van der Waals surface area contributed by atoms with E-state index in [1.54, 1.807) is 12.1 Å². The highest BCUT2D eigenvalue weighted by Gasteiger charge is 2.64. The molecule has 2 aliphatic heterocycles. The number of hydrogen-bond donors (Lipinski definition) is 2. The maximum atomic E-state index is 13.8. The molecule has 2 aromatic rings. The average molecular weight is 566 g/mol. The fourth-order valence-electron chi connectivity index (χ4n) is 4.91. The standard InChI is InChI=1S/C27H33BN5O8/c1-17(2)12-21(28-39-23(35)15-27(41-28,26(38)40-28)14-22(34)33(3)4)32-24(36)19(13-18-8-6-5-7-9-18)31-25(37)20-16-29-10-11-30-20/h5-11,16-17,19,21H,12-15H2,1-4H3,(H,31,37)(H,32,36)/q-1/t19-,21?,27-,28?/m0/s1. The summed E-state index contributed by atoms with van der Waals surface area (Å²) in [5, 5.41) is 5.51. The average Bonchev–Trinajstić information content (AvgIpc) is 3.13. The Morgan fingerprint density at radius 3 is 2.44 bits per heavy atom. The number of fused-ring (bicyclic) bond motifs is 2. The lowest BCUT2D eigenvalue weighted by molar-refractivity contribution is -0.158. The smallest absolute Gasteiger partial charge is 0.518 e. The number of carbonyl (C=O) groups excluding carboxylic acids is 5. The van der Waals surface area contributed by atoms with E-state index in [0.29, 0.717) is 0 Å². The molecule has 3 heterocycles. The Balaban J connectivity index is 1.62. The van der Waals surface area contributed by atoms with Crippen molar-refractivity contribution < 1.29 is 37.9 Å². The quantitative estimate of drug-likeness (QED) is 0.367. The first-order chi connectivity index (χ1) is 19.4. The number of benzene rings is 1. The van der Waals surface area contributed by atoms with Gasteiger partial charge in [0.1, 0.15) is 17.3 Å². The van der Waals surface area contributed by atoms with E-state index in [0.717, 1.165) is 5.56 Å². The van der Waals surface area contributed by atoms with Gasteiger partial charge in [-0.1, -0.05) is 50.6 Å². The predicted molar refractivity (Wildman–Crippen MR) is 144 cm³/mol. The van der Waals surface area contributed by atoms with E-state index in [9.17, 15) is 24.0 Å². The lowest BCUT2D eigenvalue weighted by Crippen LogP contribution is -2.66. The second-order valence-corrected chi connectivity index (χ2v) is 10.9. The molecule has 2 fully saturated rings. The molecule has 2 N–H and O–H groups in total. The molecule has 3 amide bonds. The fraction of sp³-hybridized carbons (Fsp3) is 0.444. The van der Waals surface area contributed by atoms with E-state index in [-0.39, 0.29) is 24.5 Å². The van der Waals surface area contributed by atoms with Gasteiger partial charge >= 0.3 is 6.75 Å². The summed E-state index contributed by atoms with van der Waals surface area (Å²) >= 11 is 0. The molecule has 14 heteroatoms. The minimum Gasteiger partial charge on any atom is -0.632 e. The minimum absolute atomic E-state index is 0.0181. The Morgan fingerprint density at radius 2 is 1.80 bits per heavy atom. The van der Waals surface area contributed by atoms with Gasteiger partial charge in [-0.05, 0) is 11.5 Å². The molecule has 41 heavy (non-hydrogen) atoms. The van der Waals surface area contributed by atoms with E-state index in [4.69, 9.17) is 14.0 Å². The first kappa shape index (κ1) is 29.7. The predicted octanol–water partition coefficient (Wildman–Crippen LogP) is 0.564. The number of nitrogens with one attached hydrogen (secondary N) is 2. The molecule has 0 radical (unpaired) electrons. The molecule has 0 aliphatic carbocycles. The van der Waals surface area contributed by atoms with Crippen LogP contribution in [-0.2, 0) is 39.6 Å². The maximum Gasteiger partial charge on any atom is 0.518 e. The van der Waals surface area contributed by atoms with Crippen molar-refractivity contribution in [1.82, 2.24) is 25.5 Å². The van der Waals surface area contributed by atoms with Crippen LogP contribution in [0.4, 0.5) is 0 Å². The van der Waals surface area contributed by atoms with E-state index < -0.39 is 66.8 Å². The van der Waals surface area contributed by atoms with E-state index in [1.165, 1.54) is 37.6 Å². The third-order valence-corrected chi connectivity index (χ3v) is 6.94. The van der Waals surface area contributed by atoms with Gasteiger partial charge in [0.05, 0.1) is 19.0 Å². The molecule has 1 aromatic carbocycles. The second kappa shape index (κ2) is 12.0. The van der Waals surface area contributed by atoms with Crippen LogP contribution in [0, 0.1) is 5.92 Å². The number of rotatable bonds is 11. The molecule has 13 nitrogen and oxygen atoms in total. The molecular weight excluding hydrogens is 533 g/mol. The summed E-state index contributed by atoms with van der Waals surface area (Å²) in [7, 11) is 3.03. The highest BCUT2D eigenvalue weighted by atomic mass is 16.8. The Bertz CT molecular complexity index is 1310. The van der Waals surface area contributed by atoms with E-state index >= 15 is 0 Å². The molecule has 1 aromatic heterocycles. The van der Waals surface area contributed by atoms with Crippen LogP contribution in [0.1, 0.15) is 49.2 Å². The van der Waals surface area contributed by atoms with Crippen molar-refractivity contribution in [2.24, 2.45) is 5.92 Å². The Hall–Kier alpha value is -4.33. The molecule has 0 saturated carbocycles. The summed E-state index contributed by atoms with van der Waals surface area (Å²) < 4.78 is 17.2. The second-order valence-electron chi connectivity index (χ2n) is 10.9. The van der Waals surface area contributed by atoms with Crippen LogP contribution >= 0.6 is 0 Å². The zero-order valence-electron chi connectivity index (χ0n) is 23.4. The van der Waals surface area contributed by atoms with Gasteiger partial charge in [-0.25, -0.2) is 4.98 Å². The summed E-state index contributed by atoms with van der Waals surface area (Å²) in [5.74, 6) is -4.55. The third-order valence-electron chi connectivity index (χ3n) is 6.94. The number of aromatic nitrogens is 2. The van der Waals surface area contributed by atoms with Crippen molar-refractivity contribution in [3.05, 3.63) is 60.2 Å². The Morgan fingerprint density at radius 1 is 1.07 bits per heavy atom. The maximum absolute atomic E-state index is 13.8. The van der Waals surface area contributed by atoms with Gasteiger partial charge in [0.2, 0.25) is 11.8 Å². The van der Waals surface area contributed by atoms with Crippen LogP contribution in [0.2, 0.25) is 0 Å². The largest absolute Gasteiger partial charge is 0.632 e. The topological polar surface area (TPSA) is 166 Å². The van der Waals surface area contributed by atoms with Gasteiger partial charge in [0, 0.05) is 38.9 Å². The highest BCUT2D eigenvalue weighted by molar-refractivity contribution is 6.68. The van der Waals surface area contributed by atoms with Crippen LogP contribution in [-0.4, -0.2) is 83.0 Å². The third kappa shape index (κ3) is 6.71. The lowest BCUT2D eigenvalue weighted by atomic mass is 9.64. The SMILES string of the molecule is CC(C)CC(NC(=O)[C@H](Cc1ccccc1)NC(=O)c1cnccn1)[B-]12OC(=O)C[C@](CC(=O)N(C)C)(O1)C(=O)O2. The van der Waals surface area contributed by atoms with Crippen molar-refractivity contribution in [3.63, 3.8) is 0 Å². The van der Waals surface area contributed by atoms with Crippen LogP contribution in [0.5, 0.6) is 0 Å². The normalized spacial score (nSPS) is 22.8. The molecule has 218 valence electrons. The van der Waals surface area contributed by atoms with Gasteiger partial charge in [-0.3, -0.25) is 29.0 Å². The van der Waals surface area contributed by atoms with Gasteiger partial charge in [0.15, 0.2) is 0 Å². The lowest BCUT2D eigenvalue weighted by Gasteiger charge is -2.46. The first-order valence-electron chi connectivity index (χ1n) is 13.3. The van der Waals surface area contributed by atoms with Gasteiger partial charge in [-0.15, -0.1) is 0 Å². The van der Waals surface area contributed by atoms with E-state index in [1.807, 2.05) is 32.0 Å². The highest BCUT2D eigenvalue weighted by Crippen LogP contribution is 2.43. The van der Waals surface area contributed by atoms with Crippen LogP contribution in [0.3, 0.4) is 0 Å². The molecule has 2 aliphatic rings. The molecule has 0 spiro atoms. The molecule has 4 rings (SSSR count). The van der Waals surface area contributed by atoms with E-state index in [2.05, 4.69) is 20.6 Å². The van der Waals surface area contributed by atoms with Crippen molar-refractivity contribution >= 4 is 36.4 Å². The molecule has 2 bridgehead atoms. The number of amides is 3. The molecule has 2 saturated heterocycles. The zero-order chi connectivity index (χ0) is 29.8. The minimum atomic E-state index is -3.15. The summed E-state index contributed by atoms with van der Waals surface area (Å²) in [6.45, 7) is 0.582. The monoisotopic (exact) mass is 566 g/mol. The zero-order valence-corrected chi connectivity index (χ0v) is 23.4. The summed E-state index contributed by atoms with van der Waals surface area (Å²) in [5.41, 5.74) is -1.07.